The van der Waals surface area contributed by atoms with E-state index in [-0.39, 0.29) is 11.6 Å². The Morgan fingerprint density at radius 1 is 0.438 bits per heavy atom. The second-order valence-electron chi connectivity index (χ2n) is 14.1. The number of hydrogen-bond donors (Lipinski definition) is 0. The van der Waals surface area contributed by atoms with Crippen molar-refractivity contribution >= 4 is 45.9 Å². The van der Waals surface area contributed by atoms with Gasteiger partial charge in [0.15, 0.2) is 0 Å². The van der Waals surface area contributed by atoms with Gasteiger partial charge in [-0.25, -0.2) is 28.1 Å². The first-order chi connectivity index (χ1) is 31.2. The zero-order valence-electron chi connectivity index (χ0n) is 33.1. The molecule has 6 aromatic carbocycles. The van der Waals surface area contributed by atoms with Crippen LogP contribution in [-0.2, 0) is 0 Å². The van der Waals surface area contributed by atoms with E-state index in [1.54, 1.807) is 57.9 Å². The molecule has 14 heteroatoms. The van der Waals surface area contributed by atoms with E-state index in [1.807, 2.05) is 95.7 Å². The van der Waals surface area contributed by atoms with Gasteiger partial charge in [-0.1, -0.05) is 71.7 Å². The van der Waals surface area contributed by atoms with Crippen LogP contribution in [0, 0.1) is 34.3 Å². The molecule has 0 unspecified atom stereocenters. The predicted octanol–water partition coefficient (Wildman–Crippen LogP) is 14.0. The lowest BCUT2D eigenvalue weighted by Crippen LogP contribution is -1.99. The number of halogens is 4. The van der Waals surface area contributed by atoms with Crippen LogP contribution in [0.4, 0.5) is 8.78 Å². The summed E-state index contributed by atoms with van der Waals surface area (Å²) >= 11 is 15.1. The van der Waals surface area contributed by atoms with E-state index in [1.165, 1.54) is 46.9 Å². The molecule has 0 saturated carbocycles. The summed E-state index contributed by atoms with van der Waals surface area (Å²) in [7, 11) is 0. The van der Waals surface area contributed by atoms with Gasteiger partial charge in [-0.05, 0) is 109 Å². The summed E-state index contributed by atoms with van der Waals surface area (Å²) in [4.78, 5) is 9.51. The fourth-order valence-corrected chi connectivity index (χ4v) is 8.48. The van der Waals surface area contributed by atoms with Crippen molar-refractivity contribution in [1.82, 2.24) is 29.5 Å². The first kappa shape index (κ1) is 41.8. The van der Waals surface area contributed by atoms with Crippen LogP contribution in [-0.4, -0.2) is 29.5 Å². The van der Waals surface area contributed by atoms with Gasteiger partial charge < -0.3 is 0 Å². The molecule has 64 heavy (non-hydrogen) atoms. The Morgan fingerprint density at radius 2 is 0.781 bits per heavy atom. The SMILES string of the molecule is N#Cc1ccc(-c2csc(-c3cc(-c4ccc(Cl)cc4)n(-c4ccc(F)cc4)n3)n2)cc1.N#Cc1ccc(-c2csc(-c3cc(-c4ccc(Cl)cc4)n(-c4ccc(F)cc4)n3)n2)cc1. The topological polar surface area (TPSA) is 109 Å². The van der Waals surface area contributed by atoms with Crippen molar-refractivity contribution in [3.05, 3.63) is 201 Å². The van der Waals surface area contributed by atoms with Gasteiger partial charge in [0, 0.05) is 43.1 Å². The maximum absolute atomic E-state index is 13.5. The maximum Gasteiger partial charge on any atom is 0.144 e. The summed E-state index contributed by atoms with van der Waals surface area (Å²) in [5.74, 6) is -0.609. The highest BCUT2D eigenvalue weighted by molar-refractivity contribution is 7.13. The van der Waals surface area contributed by atoms with Crippen LogP contribution in [0.3, 0.4) is 0 Å². The van der Waals surface area contributed by atoms with Gasteiger partial charge in [0.1, 0.15) is 33.0 Å². The van der Waals surface area contributed by atoms with Gasteiger partial charge in [-0.15, -0.1) is 22.7 Å². The molecule has 10 rings (SSSR count). The van der Waals surface area contributed by atoms with Crippen LogP contribution in [0.5, 0.6) is 0 Å². The number of nitrogens with zero attached hydrogens (tertiary/aromatic N) is 8. The Bertz CT molecular complexity index is 2960. The zero-order chi connectivity index (χ0) is 44.2. The van der Waals surface area contributed by atoms with Crippen molar-refractivity contribution in [2.24, 2.45) is 0 Å². The molecule has 0 aliphatic heterocycles. The van der Waals surface area contributed by atoms with Gasteiger partial charge in [-0.2, -0.15) is 20.7 Å². The molecule has 0 aliphatic rings. The van der Waals surface area contributed by atoms with Crippen LogP contribution >= 0.6 is 45.9 Å². The monoisotopic (exact) mass is 912 g/mol. The van der Waals surface area contributed by atoms with Crippen molar-refractivity contribution < 1.29 is 8.78 Å². The Kier molecular flexibility index (Phi) is 12.0. The quantitative estimate of drug-likeness (QED) is 0.150. The minimum atomic E-state index is -0.304. The van der Waals surface area contributed by atoms with Crippen LogP contribution in [0.2, 0.25) is 10.0 Å². The van der Waals surface area contributed by atoms with Crippen molar-refractivity contribution in [2.45, 2.75) is 0 Å². The van der Waals surface area contributed by atoms with E-state index in [0.29, 0.717) is 32.6 Å². The Labute approximate surface area is 383 Å². The molecule has 0 bridgehead atoms. The number of thiazole rings is 2. The number of aromatic nitrogens is 6. The molecule has 0 aliphatic carbocycles. The van der Waals surface area contributed by atoms with Crippen LogP contribution in [0.1, 0.15) is 11.1 Å². The van der Waals surface area contributed by atoms with Gasteiger partial charge in [0.2, 0.25) is 0 Å². The summed E-state index contributed by atoms with van der Waals surface area (Å²) in [5, 5.41) is 34.3. The first-order valence-electron chi connectivity index (χ1n) is 19.4. The average molecular weight is 914 g/mol. The molecule has 0 saturated heterocycles. The lowest BCUT2D eigenvalue weighted by molar-refractivity contribution is 0.626. The molecule has 4 aromatic heterocycles. The fraction of sp³-hybridized carbons (Fsp3) is 0. The Hall–Kier alpha value is -7.58. The fourth-order valence-electron chi connectivity index (χ4n) is 6.66. The Balaban J connectivity index is 0.000000162. The van der Waals surface area contributed by atoms with E-state index in [0.717, 1.165) is 66.4 Å². The summed E-state index contributed by atoms with van der Waals surface area (Å²) in [5.41, 5.74) is 11.2. The van der Waals surface area contributed by atoms with Gasteiger partial charge in [0.05, 0.1) is 57.4 Å². The summed E-state index contributed by atoms with van der Waals surface area (Å²) in [6, 6.07) is 50.2. The van der Waals surface area contributed by atoms with E-state index < -0.39 is 0 Å². The van der Waals surface area contributed by atoms with E-state index >= 15 is 0 Å². The molecular formula is C50H28Cl2F2N8S2. The summed E-state index contributed by atoms with van der Waals surface area (Å²) < 4.78 is 30.5. The smallest absolute Gasteiger partial charge is 0.144 e. The van der Waals surface area contributed by atoms with Crippen molar-refractivity contribution in [1.29, 1.82) is 10.5 Å². The van der Waals surface area contributed by atoms with Crippen LogP contribution in [0.15, 0.2) is 168 Å². The summed E-state index contributed by atoms with van der Waals surface area (Å²) in [6.07, 6.45) is 0. The van der Waals surface area contributed by atoms with E-state index in [2.05, 4.69) is 12.1 Å². The van der Waals surface area contributed by atoms with E-state index in [4.69, 9.17) is 53.9 Å². The lowest BCUT2D eigenvalue weighted by atomic mass is 10.1. The molecular weight excluding hydrogens is 886 g/mol. The average Bonchev–Trinajstić information content (AvgIpc) is 4.18. The van der Waals surface area contributed by atoms with Gasteiger partial charge >= 0.3 is 0 Å². The molecule has 10 aromatic rings. The molecule has 8 nitrogen and oxygen atoms in total. The zero-order valence-corrected chi connectivity index (χ0v) is 36.2. The first-order valence-corrected chi connectivity index (χ1v) is 21.9. The second-order valence-corrected chi connectivity index (χ2v) is 16.7. The van der Waals surface area contributed by atoms with Gasteiger partial charge in [-0.3, -0.25) is 0 Å². The third-order valence-electron chi connectivity index (χ3n) is 9.91. The number of hydrogen-bond acceptors (Lipinski definition) is 8. The third kappa shape index (κ3) is 9.13. The molecule has 308 valence electrons. The highest BCUT2D eigenvalue weighted by Crippen LogP contribution is 2.35. The number of benzene rings is 6. The molecule has 0 radical (unpaired) electrons. The van der Waals surface area contributed by atoms with Gasteiger partial charge in [0.25, 0.3) is 0 Å². The van der Waals surface area contributed by atoms with Crippen molar-refractivity contribution in [2.75, 3.05) is 0 Å². The van der Waals surface area contributed by atoms with Crippen molar-refractivity contribution in [3.63, 3.8) is 0 Å². The molecule has 0 atom stereocenters. The third-order valence-corrected chi connectivity index (χ3v) is 12.1. The highest BCUT2D eigenvalue weighted by atomic mass is 35.5. The maximum atomic E-state index is 13.5. The normalized spacial score (nSPS) is 10.8. The largest absolute Gasteiger partial charge is 0.234 e. The molecule has 0 spiro atoms. The predicted molar refractivity (Wildman–Crippen MR) is 250 cm³/mol. The number of rotatable bonds is 8. The molecule has 4 heterocycles. The molecule has 0 amide bonds. The van der Waals surface area contributed by atoms with Crippen molar-refractivity contribution in [3.8, 4) is 89.9 Å². The molecule has 0 fully saturated rings. The standard InChI is InChI=1S/2C25H14ClFN4S/c2*26-19-7-5-18(6-8-19)24-13-22(30-31(24)21-11-9-20(27)10-12-21)25-29-23(15-32-25)17-3-1-16(14-28)2-4-17/h2*1-13,15H. The lowest BCUT2D eigenvalue weighted by Gasteiger charge is -2.07. The minimum absolute atomic E-state index is 0.304. The molecule has 0 N–H and O–H groups in total. The van der Waals surface area contributed by atoms with Crippen LogP contribution in [0.25, 0.3) is 77.8 Å². The minimum Gasteiger partial charge on any atom is -0.234 e. The highest BCUT2D eigenvalue weighted by Gasteiger charge is 2.18. The summed E-state index contributed by atoms with van der Waals surface area (Å²) in [6.45, 7) is 0. The Morgan fingerprint density at radius 3 is 1.12 bits per heavy atom. The van der Waals surface area contributed by atoms with E-state index in [9.17, 15) is 8.78 Å². The number of nitriles is 2. The second kappa shape index (κ2) is 18.4. The van der Waals surface area contributed by atoms with Crippen LogP contribution < -0.4 is 0 Å².